The van der Waals surface area contributed by atoms with Crippen LogP contribution in [0.5, 0.6) is 0 Å². The summed E-state index contributed by atoms with van der Waals surface area (Å²) >= 11 is 12.2. The normalized spacial score (nSPS) is 10.5. The van der Waals surface area contributed by atoms with Gasteiger partial charge in [0.2, 0.25) is 0 Å². The van der Waals surface area contributed by atoms with Gasteiger partial charge in [-0.1, -0.05) is 41.4 Å². The molecule has 0 unspecified atom stereocenters. The molecule has 2 rings (SSSR count). The Bertz CT molecular complexity index is 539. The van der Waals surface area contributed by atoms with Gasteiger partial charge < -0.3 is 0 Å². The van der Waals surface area contributed by atoms with Gasteiger partial charge in [0.25, 0.3) is 0 Å². The fourth-order valence-electron chi connectivity index (χ4n) is 1.40. The molecule has 0 aliphatic heterocycles. The van der Waals surface area contributed by atoms with E-state index in [4.69, 9.17) is 23.2 Å². The molecule has 2 nitrogen and oxygen atoms in total. The lowest BCUT2D eigenvalue weighted by molar-refractivity contribution is 1.05. The second-order valence-electron chi connectivity index (χ2n) is 3.51. The molecule has 82 valence electrons. The molecule has 1 heterocycles. The molecule has 0 spiro atoms. The van der Waals surface area contributed by atoms with E-state index in [1.807, 2.05) is 38.1 Å². The van der Waals surface area contributed by atoms with E-state index >= 15 is 0 Å². The first-order chi connectivity index (χ1) is 7.59. The predicted octanol–water partition coefficient (Wildman–Crippen LogP) is 4.07. The van der Waals surface area contributed by atoms with Gasteiger partial charge in [0.1, 0.15) is 5.69 Å². The molecule has 0 bridgehead atoms. The van der Waals surface area contributed by atoms with Gasteiger partial charge in [-0.3, -0.25) is 0 Å². The highest BCUT2D eigenvalue weighted by molar-refractivity contribution is 6.35. The van der Waals surface area contributed by atoms with Crippen LogP contribution >= 0.6 is 23.2 Å². The monoisotopic (exact) mass is 252 g/mol. The maximum atomic E-state index is 6.10. The summed E-state index contributed by atoms with van der Waals surface area (Å²) in [5.41, 5.74) is 3.14. The molecule has 0 aliphatic rings. The zero-order chi connectivity index (χ0) is 11.7. The lowest BCUT2D eigenvalue weighted by Gasteiger charge is -2.07. The van der Waals surface area contributed by atoms with E-state index < -0.39 is 0 Å². The van der Waals surface area contributed by atoms with Crippen LogP contribution in [0.4, 0.5) is 0 Å². The first kappa shape index (κ1) is 11.4. The minimum Gasteiger partial charge on any atom is -0.248 e. The summed E-state index contributed by atoms with van der Waals surface area (Å²) in [7, 11) is 0. The van der Waals surface area contributed by atoms with Gasteiger partial charge in [0, 0.05) is 5.56 Å². The lowest BCUT2D eigenvalue weighted by atomic mass is 10.1. The molecule has 0 N–H and O–H groups in total. The van der Waals surface area contributed by atoms with Crippen molar-refractivity contribution in [2.24, 2.45) is 0 Å². The number of aromatic nitrogens is 2. The smallest absolute Gasteiger partial charge is 0.155 e. The number of hydrogen-bond acceptors (Lipinski definition) is 2. The summed E-state index contributed by atoms with van der Waals surface area (Å²) in [4.78, 5) is 8.66. The van der Waals surface area contributed by atoms with Crippen LogP contribution in [-0.2, 0) is 0 Å². The highest BCUT2D eigenvalue weighted by Crippen LogP contribution is 2.30. The Hall–Kier alpha value is -1.12. The number of nitrogens with zero attached hydrogens (tertiary/aromatic N) is 2. The van der Waals surface area contributed by atoms with Gasteiger partial charge in [0.05, 0.1) is 16.4 Å². The highest BCUT2D eigenvalue weighted by Gasteiger charge is 2.11. The van der Waals surface area contributed by atoms with Crippen molar-refractivity contribution in [1.82, 2.24) is 9.97 Å². The van der Waals surface area contributed by atoms with Crippen LogP contribution in [0.25, 0.3) is 11.3 Å². The molecule has 1 aromatic heterocycles. The van der Waals surface area contributed by atoms with Crippen molar-refractivity contribution in [2.75, 3.05) is 0 Å². The van der Waals surface area contributed by atoms with Crippen molar-refractivity contribution in [3.63, 3.8) is 0 Å². The van der Waals surface area contributed by atoms with E-state index in [9.17, 15) is 0 Å². The minimum absolute atomic E-state index is 0.385. The van der Waals surface area contributed by atoms with Gasteiger partial charge in [0.15, 0.2) is 5.15 Å². The maximum Gasteiger partial charge on any atom is 0.155 e. The van der Waals surface area contributed by atoms with Crippen molar-refractivity contribution in [1.29, 1.82) is 0 Å². The van der Waals surface area contributed by atoms with Crippen LogP contribution in [-0.4, -0.2) is 9.97 Å². The van der Waals surface area contributed by atoms with Crippen molar-refractivity contribution in [3.05, 3.63) is 45.8 Å². The van der Waals surface area contributed by atoms with Gasteiger partial charge in [-0.2, -0.15) is 0 Å². The summed E-state index contributed by atoms with van der Waals surface area (Å²) < 4.78 is 0. The average Bonchev–Trinajstić information content (AvgIpc) is 2.25. The van der Waals surface area contributed by atoms with E-state index in [2.05, 4.69) is 9.97 Å². The molecule has 0 aliphatic carbocycles. The Labute approximate surface area is 104 Å². The largest absolute Gasteiger partial charge is 0.248 e. The SMILES string of the molecule is Cc1nc(Cl)c(-c2ccccc2Cl)nc1C. The molecular weight excluding hydrogens is 243 g/mol. The van der Waals surface area contributed by atoms with E-state index in [0.717, 1.165) is 17.0 Å². The Balaban J connectivity index is 2.65. The Morgan fingerprint density at radius 2 is 1.56 bits per heavy atom. The Kier molecular flexibility index (Phi) is 3.13. The highest BCUT2D eigenvalue weighted by atomic mass is 35.5. The van der Waals surface area contributed by atoms with Crippen LogP contribution in [0.3, 0.4) is 0 Å². The fraction of sp³-hybridized carbons (Fsp3) is 0.167. The first-order valence-corrected chi connectivity index (χ1v) is 5.61. The quantitative estimate of drug-likeness (QED) is 0.765. The third kappa shape index (κ3) is 2.04. The summed E-state index contributed by atoms with van der Waals surface area (Å²) in [5.74, 6) is 0. The summed E-state index contributed by atoms with van der Waals surface area (Å²) in [6.45, 7) is 3.78. The Morgan fingerprint density at radius 3 is 2.25 bits per heavy atom. The van der Waals surface area contributed by atoms with Crippen molar-refractivity contribution in [3.8, 4) is 11.3 Å². The average molecular weight is 253 g/mol. The molecule has 0 amide bonds. The van der Waals surface area contributed by atoms with Crippen LogP contribution in [0.1, 0.15) is 11.4 Å². The number of hydrogen-bond donors (Lipinski definition) is 0. The fourth-order valence-corrected chi connectivity index (χ4v) is 1.90. The Morgan fingerprint density at radius 1 is 0.938 bits per heavy atom. The zero-order valence-electron chi connectivity index (χ0n) is 8.96. The molecule has 4 heteroatoms. The minimum atomic E-state index is 0.385. The molecule has 2 aromatic rings. The zero-order valence-corrected chi connectivity index (χ0v) is 10.5. The number of benzene rings is 1. The van der Waals surface area contributed by atoms with E-state index in [0.29, 0.717) is 15.9 Å². The second-order valence-corrected chi connectivity index (χ2v) is 4.28. The van der Waals surface area contributed by atoms with E-state index in [1.165, 1.54) is 0 Å². The molecule has 0 saturated carbocycles. The van der Waals surface area contributed by atoms with Crippen LogP contribution < -0.4 is 0 Å². The second kappa shape index (κ2) is 4.40. The summed E-state index contributed by atoms with van der Waals surface area (Å²) in [6, 6.07) is 7.46. The lowest BCUT2D eigenvalue weighted by Crippen LogP contribution is -1.96. The first-order valence-electron chi connectivity index (χ1n) is 4.85. The van der Waals surface area contributed by atoms with Crippen molar-refractivity contribution >= 4 is 23.2 Å². The number of halogens is 2. The van der Waals surface area contributed by atoms with Gasteiger partial charge in [-0.05, 0) is 19.9 Å². The van der Waals surface area contributed by atoms with Gasteiger partial charge >= 0.3 is 0 Å². The van der Waals surface area contributed by atoms with E-state index in [-0.39, 0.29) is 0 Å². The summed E-state index contributed by atoms with van der Waals surface area (Å²) in [5, 5.41) is 1.01. The molecular formula is C12H10Cl2N2. The number of rotatable bonds is 1. The van der Waals surface area contributed by atoms with Crippen LogP contribution in [0.2, 0.25) is 10.2 Å². The molecule has 0 radical (unpaired) electrons. The molecule has 1 aromatic carbocycles. The molecule has 0 saturated heterocycles. The third-order valence-electron chi connectivity index (χ3n) is 2.39. The predicted molar refractivity (Wildman–Crippen MR) is 67.0 cm³/mol. The molecule has 16 heavy (non-hydrogen) atoms. The molecule has 0 fully saturated rings. The van der Waals surface area contributed by atoms with Crippen LogP contribution in [0, 0.1) is 13.8 Å². The van der Waals surface area contributed by atoms with Crippen LogP contribution in [0.15, 0.2) is 24.3 Å². The van der Waals surface area contributed by atoms with Gasteiger partial charge in [-0.25, -0.2) is 9.97 Å². The molecule has 0 atom stereocenters. The number of aryl methyl sites for hydroxylation is 2. The van der Waals surface area contributed by atoms with Crippen molar-refractivity contribution in [2.45, 2.75) is 13.8 Å². The topological polar surface area (TPSA) is 25.8 Å². The van der Waals surface area contributed by atoms with Crippen molar-refractivity contribution < 1.29 is 0 Å². The third-order valence-corrected chi connectivity index (χ3v) is 2.99. The standard InChI is InChI=1S/C12H10Cl2N2/c1-7-8(2)16-12(14)11(15-7)9-5-3-4-6-10(9)13/h3-6H,1-2H3. The summed E-state index contributed by atoms with van der Waals surface area (Å²) in [6.07, 6.45) is 0. The maximum absolute atomic E-state index is 6.10. The van der Waals surface area contributed by atoms with Gasteiger partial charge in [-0.15, -0.1) is 0 Å². The van der Waals surface area contributed by atoms with E-state index in [1.54, 1.807) is 0 Å².